The third-order valence-electron chi connectivity index (χ3n) is 4.29. The van der Waals surface area contributed by atoms with Crippen LogP contribution in [0, 0.1) is 0 Å². The lowest BCUT2D eigenvalue weighted by molar-refractivity contribution is -0.159. The molecule has 2 heterocycles. The lowest BCUT2D eigenvalue weighted by Crippen LogP contribution is -2.50. The van der Waals surface area contributed by atoms with Crippen molar-refractivity contribution in [3.63, 3.8) is 0 Å². The number of rotatable bonds is 2. The van der Waals surface area contributed by atoms with Crippen LogP contribution in [0.1, 0.15) is 36.5 Å². The average Bonchev–Trinajstić information content (AvgIpc) is 2.53. The van der Waals surface area contributed by atoms with E-state index in [2.05, 4.69) is 0 Å². The van der Waals surface area contributed by atoms with E-state index in [1.165, 1.54) is 4.90 Å². The highest BCUT2D eigenvalue weighted by atomic mass is 16.5. The number of likely N-dealkylation sites (tertiary alicyclic amines) is 1. The number of benzene rings is 1. The predicted octanol–water partition coefficient (Wildman–Crippen LogP) is 1.77. The second-order valence-electron chi connectivity index (χ2n) is 5.58. The van der Waals surface area contributed by atoms with Crippen LogP contribution in [-0.4, -0.2) is 41.1 Å². The zero-order valence-electron chi connectivity index (χ0n) is 11.8. The maximum Gasteiger partial charge on any atom is 0.326 e. The number of amides is 1. The van der Waals surface area contributed by atoms with Crippen molar-refractivity contribution in [1.82, 2.24) is 4.90 Å². The standard InChI is InChI=1S/C16H19NO4/c18-15(17-9-4-3-7-13(17)16(19)20)14-12-6-2-1-5-11(12)8-10-21-14/h1-2,5-6,13-14H,3-4,7-10H2,(H,19,20)/t13-,14?/m0/s1. The summed E-state index contributed by atoms with van der Waals surface area (Å²) >= 11 is 0. The summed E-state index contributed by atoms with van der Waals surface area (Å²) in [6.45, 7) is 0.997. The molecule has 1 saturated heterocycles. The molecular formula is C16H19NO4. The lowest BCUT2D eigenvalue weighted by Gasteiger charge is -2.36. The van der Waals surface area contributed by atoms with Crippen molar-refractivity contribution >= 4 is 11.9 Å². The first-order valence-electron chi connectivity index (χ1n) is 7.41. The van der Waals surface area contributed by atoms with Crippen LogP contribution in [0.4, 0.5) is 0 Å². The minimum Gasteiger partial charge on any atom is -0.480 e. The molecular weight excluding hydrogens is 270 g/mol. The van der Waals surface area contributed by atoms with Crippen LogP contribution < -0.4 is 0 Å². The highest BCUT2D eigenvalue weighted by Crippen LogP contribution is 2.30. The number of carboxylic acid groups (broad SMARTS) is 1. The summed E-state index contributed by atoms with van der Waals surface area (Å²) < 4.78 is 5.66. The smallest absolute Gasteiger partial charge is 0.326 e. The second-order valence-corrected chi connectivity index (χ2v) is 5.58. The van der Waals surface area contributed by atoms with E-state index < -0.39 is 18.1 Å². The van der Waals surface area contributed by atoms with Gasteiger partial charge in [0.1, 0.15) is 6.04 Å². The highest BCUT2D eigenvalue weighted by Gasteiger charge is 2.38. The van der Waals surface area contributed by atoms with Gasteiger partial charge in [0.25, 0.3) is 5.91 Å². The lowest BCUT2D eigenvalue weighted by atomic mass is 9.95. The van der Waals surface area contributed by atoms with E-state index in [4.69, 9.17) is 4.74 Å². The van der Waals surface area contributed by atoms with Gasteiger partial charge in [-0.3, -0.25) is 4.79 Å². The van der Waals surface area contributed by atoms with Crippen molar-refractivity contribution in [1.29, 1.82) is 0 Å². The number of ether oxygens (including phenoxy) is 1. The maximum absolute atomic E-state index is 12.8. The van der Waals surface area contributed by atoms with Crippen LogP contribution in [0.2, 0.25) is 0 Å². The summed E-state index contributed by atoms with van der Waals surface area (Å²) in [4.78, 5) is 25.6. The Balaban J connectivity index is 1.86. The van der Waals surface area contributed by atoms with Crippen molar-refractivity contribution < 1.29 is 19.4 Å². The summed E-state index contributed by atoms with van der Waals surface area (Å²) in [6, 6.07) is 7.02. The van der Waals surface area contributed by atoms with Crippen LogP contribution in [0.5, 0.6) is 0 Å². The number of hydrogen-bond donors (Lipinski definition) is 1. The molecule has 2 aliphatic rings. The number of hydrogen-bond acceptors (Lipinski definition) is 3. The molecule has 5 heteroatoms. The SMILES string of the molecule is O=C(O)[C@@H]1CCCCN1C(=O)C1OCCc2ccccc21. The van der Waals surface area contributed by atoms with Gasteiger partial charge in [0.05, 0.1) is 6.61 Å². The molecule has 0 spiro atoms. The highest BCUT2D eigenvalue weighted by molar-refractivity contribution is 5.87. The van der Waals surface area contributed by atoms with Gasteiger partial charge in [-0.1, -0.05) is 24.3 Å². The summed E-state index contributed by atoms with van der Waals surface area (Å²) in [7, 11) is 0. The first-order chi connectivity index (χ1) is 10.2. The number of piperidine rings is 1. The van der Waals surface area contributed by atoms with Gasteiger partial charge in [-0.15, -0.1) is 0 Å². The largest absolute Gasteiger partial charge is 0.480 e. The Morgan fingerprint density at radius 3 is 2.86 bits per heavy atom. The number of carbonyl (C=O) groups excluding carboxylic acids is 1. The van der Waals surface area contributed by atoms with Crippen molar-refractivity contribution in [3.05, 3.63) is 35.4 Å². The Morgan fingerprint density at radius 2 is 2.05 bits per heavy atom. The molecule has 5 nitrogen and oxygen atoms in total. The number of aliphatic carboxylic acids is 1. The fourth-order valence-electron chi connectivity index (χ4n) is 3.20. The van der Waals surface area contributed by atoms with Gasteiger partial charge in [-0.05, 0) is 36.8 Å². The number of carbonyl (C=O) groups is 2. The Bertz CT molecular complexity index is 557. The van der Waals surface area contributed by atoms with Crippen LogP contribution in [0.25, 0.3) is 0 Å². The van der Waals surface area contributed by atoms with Gasteiger partial charge in [-0.25, -0.2) is 4.79 Å². The monoisotopic (exact) mass is 289 g/mol. The van der Waals surface area contributed by atoms with E-state index in [0.29, 0.717) is 19.6 Å². The van der Waals surface area contributed by atoms with E-state index in [-0.39, 0.29) is 5.91 Å². The van der Waals surface area contributed by atoms with Gasteiger partial charge in [-0.2, -0.15) is 0 Å². The minimum atomic E-state index is -0.924. The van der Waals surface area contributed by atoms with E-state index >= 15 is 0 Å². The van der Waals surface area contributed by atoms with Crippen LogP contribution in [0.15, 0.2) is 24.3 Å². The molecule has 2 atom stereocenters. The number of carboxylic acids is 1. The molecule has 3 rings (SSSR count). The molecule has 2 aliphatic heterocycles. The van der Waals surface area contributed by atoms with Crippen LogP contribution >= 0.6 is 0 Å². The zero-order valence-corrected chi connectivity index (χ0v) is 11.8. The summed E-state index contributed by atoms with van der Waals surface area (Å²) in [5.41, 5.74) is 1.99. The molecule has 1 aromatic rings. The average molecular weight is 289 g/mol. The van der Waals surface area contributed by atoms with Crippen molar-refractivity contribution in [2.24, 2.45) is 0 Å². The summed E-state index contributed by atoms with van der Waals surface area (Å²) in [5, 5.41) is 9.32. The van der Waals surface area contributed by atoms with Crippen molar-refractivity contribution in [2.75, 3.05) is 13.2 Å². The topological polar surface area (TPSA) is 66.8 Å². The Kier molecular flexibility index (Phi) is 3.92. The van der Waals surface area contributed by atoms with Gasteiger partial charge >= 0.3 is 5.97 Å². The van der Waals surface area contributed by atoms with E-state index in [0.717, 1.165) is 30.4 Å². The third-order valence-corrected chi connectivity index (χ3v) is 4.29. The molecule has 0 saturated carbocycles. The molecule has 1 aromatic carbocycles. The number of fused-ring (bicyclic) bond motifs is 1. The summed E-state index contributed by atoms with van der Waals surface area (Å²) in [6.07, 6.45) is 2.36. The second kappa shape index (κ2) is 5.85. The fourth-order valence-corrected chi connectivity index (χ4v) is 3.20. The molecule has 1 N–H and O–H groups in total. The Labute approximate surface area is 123 Å². The molecule has 0 aliphatic carbocycles. The minimum absolute atomic E-state index is 0.214. The first-order valence-corrected chi connectivity index (χ1v) is 7.41. The molecule has 0 radical (unpaired) electrons. The van der Waals surface area contributed by atoms with Gasteiger partial charge in [0, 0.05) is 6.54 Å². The number of nitrogens with zero attached hydrogens (tertiary/aromatic N) is 1. The first kappa shape index (κ1) is 14.1. The summed E-state index contributed by atoms with van der Waals surface area (Å²) in [5.74, 6) is -1.14. The van der Waals surface area contributed by atoms with Crippen molar-refractivity contribution in [3.8, 4) is 0 Å². The van der Waals surface area contributed by atoms with Crippen LogP contribution in [-0.2, 0) is 20.7 Å². The van der Waals surface area contributed by atoms with E-state index in [1.807, 2.05) is 24.3 Å². The quantitative estimate of drug-likeness (QED) is 0.901. The molecule has 0 aromatic heterocycles. The molecule has 1 unspecified atom stereocenters. The van der Waals surface area contributed by atoms with E-state index in [1.54, 1.807) is 0 Å². The fraction of sp³-hybridized carbons (Fsp3) is 0.500. The maximum atomic E-state index is 12.8. The molecule has 1 amide bonds. The molecule has 0 bridgehead atoms. The molecule has 112 valence electrons. The van der Waals surface area contributed by atoms with Crippen LogP contribution in [0.3, 0.4) is 0 Å². The molecule has 21 heavy (non-hydrogen) atoms. The Morgan fingerprint density at radius 1 is 1.24 bits per heavy atom. The van der Waals surface area contributed by atoms with Gasteiger partial charge < -0.3 is 14.7 Å². The van der Waals surface area contributed by atoms with Crippen molar-refractivity contribution in [2.45, 2.75) is 37.8 Å². The third kappa shape index (κ3) is 2.65. The predicted molar refractivity (Wildman–Crippen MR) is 75.8 cm³/mol. The molecule has 1 fully saturated rings. The van der Waals surface area contributed by atoms with E-state index in [9.17, 15) is 14.7 Å². The zero-order chi connectivity index (χ0) is 14.8. The normalized spacial score (nSPS) is 25.2. The van der Waals surface area contributed by atoms with Gasteiger partial charge in [0.15, 0.2) is 6.10 Å². The Hall–Kier alpha value is -1.88. The van der Waals surface area contributed by atoms with Gasteiger partial charge in [0.2, 0.25) is 0 Å².